The first-order valence-corrected chi connectivity index (χ1v) is 13.2. The summed E-state index contributed by atoms with van der Waals surface area (Å²) >= 11 is 6.01. The number of anilines is 1. The van der Waals surface area contributed by atoms with Gasteiger partial charge in [-0.2, -0.15) is 14.6 Å². The summed E-state index contributed by atoms with van der Waals surface area (Å²) in [6.07, 6.45) is -3.10. The van der Waals surface area contributed by atoms with Crippen LogP contribution in [0.4, 0.5) is 5.82 Å². The van der Waals surface area contributed by atoms with Gasteiger partial charge in [0.05, 0.1) is 5.75 Å². The van der Waals surface area contributed by atoms with Crippen LogP contribution in [-0.4, -0.2) is 89.0 Å². The van der Waals surface area contributed by atoms with Crippen molar-refractivity contribution in [1.82, 2.24) is 25.0 Å². The van der Waals surface area contributed by atoms with Gasteiger partial charge in [0, 0.05) is 6.04 Å². The largest absolute Gasteiger partial charge is 0.387 e. The third-order valence-corrected chi connectivity index (χ3v) is 9.03. The highest BCUT2D eigenvalue weighted by molar-refractivity contribution is 7.97. The van der Waals surface area contributed by atoms with Crippen molar-refractivity contribution in [2.45, 2.75) is 49.8 Å². The van der Waals surface area contributed by atoms with Gasteiger partial charge in [-0.15, -0.1) is 5.10 Å². The summed E-state index contributed by atoms with van der Waals surface area (Å²) in [5.74, 6) is -0.566. The number of hydrogen-bond acceptors (Lipinski definition) is 11. The summed E-state index contributed by atoms with van der Waals surface area (Å²) in [5.41, 5.74) is -1.06. The lowest BCUT2D eigenvalue weighted by molar-refractivity contribution is -0.0375. The molecule has 0 bridgehead atoms. The zero-order valence-corrected chi connectivity index (χ0v) is 18.3. The van der Waals surface area contributed by atoms with Gasteiger partial charge in [0.2, 0.25) is 5.28 Å². The number of aromatic nitrogens is 5. The van der Waals surface area contributed by atoms with E-state index in [0.717, 1.165) is 23.9 Å². The highest BCUT2D eigenvalue weighted by atomic mass is 35.5. The van der Waals surface area contributed by atoms with Crippen molar-refractivity contribution in [2.75, 3.05) is 16.6 Å². The number of fused-ring (bicyclic) bond motifs is 1. The molecule has 0 radical (unpaired) electrons. The molecule has 1 aliphatic carbocycles. The van der Waals surface area contributed by atoms with Gasteiger partial charge in [-0.25, -0.2) is 8.42 Å². The molecule has 2 aromatic heterocycles. The summed E-state index contributed by atoms with van der Waals surface area (Å²) in [4.78, 5) is 26.0. The molecule has 2 aromatic rings. The van der Waals surface area contributed by atoms with Crippen molar-refractivity contribution in [3.63, 3.8) is 0 Å². The quantitative estimate of drug-likeness (QED) is 0.229. The fourth-order valence-corrected chi connectivity index (χ4v) is 6.86. The second-order valence-electron chi connectivity index (χ2n) is 7.57. The molecule has 1 aliphatic heterocycles. The maximum absolute atomic E-state index is 12.0. The molecular formula is C14H20ClN6O8PS. The monoisotopic (exact) mass is 498 g/mol. The van der Waals surface area contributed by atoms with Crippen molar-refractivity contribution in [1.29, 1.82) is 0 Å². The Morgan fingerprint density at radius 1 is 1.23 bits per heavy atom. The molecule has 2 fully saturated rings. The molecule has 4 rings (SSSR count). The second-order valence-corrected chi connectivity index (χ2v) is 12.1. The van der Waals surface area contributed by atoms with E-state index in [1.165, 1.54) is 0 Å². The summed E-state index contributed by atoms with van der Waals surface area (Å²) in [5, 5.41) is 31.6. The van der Waals surface area contributed by atoms with Crippen molar-refractivity contribution in [2.24, 2.45) is 0 Å². The van der Waals surface area contributed by atoms with Crippen LogP contribution >= 0.6 is 19.2 Å². The maximum atomic E-state index is 12.0. The molecule has 0 unspecified atom stereocenters. The SMILES string of the molecule is O=P(O)(O)CS(=O)(=O)C[C@H]1O[C@@H](n2nnc3c(NC4CCC4)nc(Cl)nc32)[C@H](O)[C@@H]1O. The average molecular weight is 499 g/mol. The van der Waals surface area contributed by atoms with Crippen LogP contribution in [0.2, 0.25) is 5.28 Å². The van der Waals surface area contributed by atoms with E-state index in [0.29, 0.717) is 5.82 Å². The first kappa shape index (κ1) is 22.7. The Balaban J connectivity index is 1.60. The van der Waals surface area contributed by atoms with E-state index in [1.807, 2.05) is 0 Å². The van der Waals surface area contributed by atoms with Gasteiger partial charge in [-0.3, -0.25) is 4.57 Å². The number of sulfone groups is 1. The van der Waals surface area contributed by atoms with Crippen LogP contribution in [0.1, 0.15) is 25.5 Å². The van der Waals surface area contributed by atoms with Crippen LogP contribution in [0, 0.1) is 0 Å². The maximum Gasteiger partial charge on any atom is 0.340 e. The van der Waals surface area contributed by atoms with Gasteiger partial charge in [0.25, 0.3) is 0 Å². The van der Waals surface area contributed by atoms with Crippen molar-refractivity contribution < 1.29 is 37.7 Å². The predicted octanol–water partition coefficient (Wildman–Crippen LogP) is -0.992. The lowest BCUT2D eigenvalue weighted by Gasteiger charge is -2.26. The number of aliphatic hydroxyl groups is 2. The Labute approximate surface area is 180 Å². The lowest BCUT2D eigenvalue weighted by Crippen LogP contribution is -2.36. The number of ether oxygens (including phenoxy) is 1. The fraction of sp³-hybridized carbons (Fsp3) is 0.714. The van der Waals surface area contributed by atoms with E-state index in [9.17, 15) is 23.2 Å². The molecule has 5 N–H and O–H groups in total. The Morgan fingerprint density at radius 3 is 2.55 bits per heavy atom. The third kappa shape index (κ3) is 4.83. The van der Waals surface area contributed by atoms with E-state index < -0.39 is 53.2 Å². The van der Waals surface area contributed by atoms with E-state index in [-0.39, 0.29) is 22.5 Å². The highest BCUT2D eigenvalue weighted by Crippen LogP contribution is 2.38. The topological polar surface area (TPSA) is 210 Å². The van der Waals surface area contributed by atoms with Crippen LogP contribution in [0.15, 0.2) is 0 Å². The Bertz CT molecular complexity index is 1140. The molecule has 0 aromatic carbocycles. The van der Waals surface area contributed by atoms with Gasteiger partial charge in [-0.1, -0.05) is 5.21 Å². The zero-order valence-electron chi connectivity index (χ0n) is 15.8. The van der Waals surface area contributed by atoms with Gasteiger partial charge in [-0.05, 0) is 30.9 Å². The molecule has 14 nitrogen and oxygen atoms in total. The summed E-state index contributed by atoms with van der Waals surface area (Å²) in [7, 11) is -9.15. The van der Waals surface area contributed by atoms with Gasteiger partial charge < -0.3 is 30.1 Å². The molecule has 0 amide bonds. The number of nitrogens with one attached hydrogen (secondary N) is 1. The van der Waals surface area contributed by atoms with Gasteiger partial charge in [0.15, 0.2) is 38.5 Å². The molecule has 17 heteroatoms. The number of aliphatic hydroxyl groups excluding tert-OH is 2. The summed E-state index contributed by atoms with van der Waals surface area (Å²) in [6.45, 7) is 0. The molecular weight excluding hydrogens is 479 g/mol. The fourth-order valence-electron chi connectivity index (χ4n) is 3.45. The highest BCUT2D eigenvalue weighted by Gasteiger charge is 2.47. The number of hydrogen-bond donors (Lipinski definition) is 5. The van der Waals surface area contributed by atoms with Crippen LogP contribution in [0.25, 0.3) is 11.2 Å². The van der Waals surface area contributed by atoms with Gasteiger partial charge in [0.1, 0.15) is 18.3 Å². The molecule has 0 spiro atoms. The molecule has 3 heterocycles. The van der Waals surface area contributed by atoms with Gasteiger partial charge >= 0.3 is 7.60 Å². The molecule has 2 aliphatic rings. The summed E-state index contributed by atoms with van der Waals surface area (Å²) < 4.78 is 41.7. The Kier molecular flexibility index (Phi) is 5.98. The number of nitrogens with zero attached hydrogens (tertiary/aromatic N) is 5. The first-order valence-electron chi connectivity index (χ1n) is 9.25. The van der Waals surface area contributed by atoms with E-state index in [4.69, 9.17) is 26.1 Å². The molecule has 4 atom stereocenters. The minimum atomic E-state index is -4.85. The average Bonchev–Trinajstić information content (AvgIpc) is 3.11. The molecule has 172 valence electrons. The first-order chi connectivity index (χ1) is 14.4. The zero-order chi connectivity index (χ0) is 22.6. The van der Waals surface area contributed by atoms with E-state index >= 15 is 0 Å². The molecule has 31 heavy (non-hydrogen) atoms. The van der Waals surface area contributed by atoms with Crippen LogP contribution in [0.3, 0.4) is 0 Å². The third-order valence-electron chi connectivity index (χ3n) is 5.10. The van der Waals surface area contributed by atoms with Crippen LogP contribution in [-0.2, 0) is 19.1 Å². The smallest absolute Gasteiger partial charge is 0.340 e. The van der Waals surface area contributed by atoms with Crippen molar-refractivity contribution >= 4 is 46.0 Å². The normalized spacial score (nSPS) is 27.5. The molecule has 1 saturated carbocycles. The molecule has 1 saturated heterocycles. The second kappa shape index (κ2) is 8.15. The summed E-state index contributed by atoms with van der Waals surface area (Å²) in [6, 6.07) is 0.207. The van der Waals surface area contributed by atoms with E-state index in [2.05, 4.69) is 25.6 Å². The van der Waals surface area contributed by atoms with E-state index in [1.54, 1.807) is 0 Å². The minimum Gasteiger partial charge on any atom is -0.387 e. The van der Waals surface area contributed by atoms with Crippen LogP contribution < -0.4 is 5.32 Å². The minimum absolute atomic E-state index is 0.0943. The lowest BCUT2D eigenvalue weighted by atomic mass is 9.93. The number of rotatable bonds is 7. The Hall–Kier alpha value is -1.45. The predicted molar refractivity (Wildman–Crippen MR) is 106 cm³/mol. The Morgan fingerprint density at radius 2 is 1.94 bits per heavy atom. The van der Waals surface area contributed by atoms with Crippen molar-refractivity contribution in [3.05, 3.63) is 5.28 Å². The standard InChI is InChI=1S/C14H20ClN6O8PS/c15-14-17-11(16-6-2-1-3-6)8-12(18-14)21(20-19-8)13-10(23)9(22)7(29-13)4-31(27,28)5-30(24,25)26/h6-7,9-10,13,22-23H,1-5H2,(H,16,17,18)(H2,24,25,26)/t7-,9-,10-,13-/m1/s1. The number of halogens is 1. The van der Waals surface area contributed by atoms with Crippen LogP contribution in [0.5, 0.6) is 0 Å². The van der Waals surface area contributed by atoms with Crippen molar-refractivity contribution in [3.8, 4) is 0 Å².